The van der Waals surface area contributed by atoms with Gasteiger partial charge in [0.1, 0.15) is 11.0 Å². The van der Waals surface area contributed by atoms with E-state index < -0.39 is 5.25 Å². The van der Waals surface area contributed by atoms with Gasteiger partial charge >= 0.3 is 0 Å². The van der Waals surface area contributed by atoms with Gasteiger partial charge in [0.25, 0.3) is 5.91 Å². The van der Waals surface area contributed by atoms with Crippen molar-refractivity contribution in [1.29, 1.82) is 0 Å². The molecule has 0 aliphatic carbocycles. The summed E-state index contributed by atoms with van der Waals surface area (Å²) in [6.45, 7) is 4.03. The number of hydrogen-bond donors (Lipinski definition) is 2. The van der Waals surface area contributed by atoms with E-state index in [1.807, 2.05) is 86.6 Å². The summed E-state index contributed by atoms with van der Waals surface area (Å²) >= 11 is 1.44. The summed E-state index contributed by atoms with van der Waals surface area (Å²) in [6, 6.07) is 30.1. The second-order valence-corrected chi connectivity index (χ2v) is 9.53. The normalized spacial score (nSPS) is 11.4. The summed E-state index contributed by atoms with van der Waals surface area (Å²) in [6.07, 6.45) is 0. The van der Waals surface area contributed by atoms with E-state index in [1.165, 1.54) is 11.8 Å². The number of carbonyl (C=O) groups is 2. The maximum absolute atomic E-state index is 13.5. The average Bonchev–Trinajstić information content (AvgIpc) is 2.90. The number of amides is 2. The first-order chi connectivity index (χ1) is 17.4. The van der Waals surface area contributed by atoms with Crippen molar-refractivity contribution in [1.82, 2.24) is 0 Å². The number of rotatable bonds is 8. The number of nitrogens with one attached hydrogen (secondary N) is 2. The smallest absolute Gasteiger partial charge is 0.255 e. The number of aryl methyl sites for hydroxylation is 1. The SMILES string of the molecule is COc1ccc(C(=O)Nc2cccc(SC(C(=O)Nc3cccc(C)c3C)c3ccccc3)c2)cc1. The molecule has 4 rings (SSSR count). The van der Waals surface area contributed by atoms with Crippen LogP contribution in [0.25, 0.3) is 0 Å². The standard InChI is InChI=1S/C30H28N2O3S/c1-20-9-7-14-27(21(20)2)32-30(34)28(22-10-5-4-6-11-22)36-26-13-8-12-24(19-26)31-29(33)23-15-17-25(35-3)18-16-23/h4-19,28H,1-3H3,(H,31,33)(H,32,34). The van der Waals surface area contributed by atoms with Crippen LogP contribution in [0.2, 0.25) is 0 Å². The Morgan fingerprint density at radius 2 is 1.53 bits per heavy atom. The molecule has 4 aromatic carbocycles. The maximum Gasteiger partial charge on any atom is 0.255 e. The molecule has 1 atom stereocenters. The minimum atomic E-state index is -0.473. The molecule has 0 heterocycles. The van der Waals surface area contributed by atoms with Crippen molar-refractivity contribution in [2.45, 2.75) is 24.0 Å². The molecule has 0 radical (unpaired) electrons. The van der Waals surface area contributed by atoms with Crippen LogP contribution in [0.4, 0.5) is 11.4 Å². The van der Waals surface area contributed by atoms with Gasteiger partial charge in [0.05, 0.1) is 7.11 Å². The van der Waals surface area contributed by atoms with Gasteiger partial charge in [0.2, 0.25) is 5.91 Å². The van der Waals surface area contributed by atoms with Gasteiger partial charge in [-0.05, 0) is 79.1 Å². The van der Waals surface area contributed by atoms with Gasteiger partial charge in [-0.1, -0.05) is 48.5 Å². The zero-order valence-corrected chi connectivity index (χ0v) is 21.3. The lowest BCUT2D eigenvalue weighted by molar-refractivity contribution is -0.115. The zero-order chi connectivity index (χ0) is 25.5. The summed E-state index contributed by atoms with van der Waals surface area (Å²) in [5.41, 5.74) is 5.06. The Hall–Kier alpha value is -4.03. The van der Waals surface area contributed by atoms with Crippen molar-refractivity contribution < 1.29 is 14.3 Å². The van der Waals surface area contributed by atoms with Crippen LogP contribution < -0.4 is 15.4 Å². The van der Waals surface area contributed by atoms with Crippen LogP contribution >= 0.6 is 11.8 Å². The molecule has 6 heteroatoms. The first-order valence-electron chi connectivity index (χ1n) is 11.6. The summed E-state index contributed by atoms with van der Waals surface area (Å²) in [5.74, 6) is 0.371. The number of ether oxygens (including phenoxy) is 1. The predicted octanol–water partition coefficient (Wildman–Crippen LogP) is 7.04. The van der Waals surface area contributed by atoms with Crippen LogP contribution in [0.3, 0.4) is 0 Å². The molecule has 0 fully saturated rings. The molecule has 2 amide bonds. The predicted molar refractivity (Wildman–Crippen MR) is 147 cm³/mol. The van der Waals surface area contributed by atoms with Crippen molar-refractivity contribution in [3.8, 4) is 5.75 Å². The van der Waals surface area contributed by atoms with Gasteiger partial charge in [-0.25, -0.2) is 0 Å². The maximum atomic E-state index is 13.5. The highest BCUT2D eigenvalue weighted by molar-refractivity contribution is 8.00. The second kappa shape index (κ2) is 11.6. The largest absolute Gasteiger partial charge is 0.497 e. The zero-order valence-electron chi connectivity index (χ0n) is 20.4. The van der Waals surface area contributed by atoms with Crippen LogP contribution in [0.1, 0.15) is 32.3 Å². The Kier molecular flexibility index (Phi) is 8.08. The Morgan fingerprint density at radius 1 is 0.806 bits per heavy atom. The summed E-state index contributed by atoms with van der Waals surface area (Å²) in [7, 11) is 1.59. The number of hydrogen-bond acceptors (Lipinski definition) is 4. The van der Waals surface area contributed by atoms with E-state index in [2.05, 4.69) is 10.6 Å². The Morgan fingerprint density at radius 3 is 2.25 bits per heavy atom. The van der Waals surface area contributed by atoms with Gasteiger partial charge in [-0.2, -0.15) is 0 Å². The number of carbonyl (C=O) groups excluding carboxylic acids is 2. The van der Waals surface area contributed by atoms with E-state index in [4.69, 9.17) is 4.74 Å². The second-order valence-electron chi connectivity index (χ2n) is 8.36. The number of methoxy groups -OCH3 is 1. The lowest BCUT2D eigenvalue weighted by Gasteiger charge is -2.19. The first-order valence-corrected chi connectivity index (χ1v) is 12.5. The number of benzene rings is 4. The lowest BCUT2D eigenvalue weighted by atomic mass is 10.1. The lowest BCUT2D eigenvalue weighted by Crippen LogP contribution is -2.19. The quantitative estimate of drug-likeness (QED) is 0.257. The first kappa shape index (κ1) is 25.1. The fourth-order valence-electron chi connectivity index (χ4n) is 3.71. The third-order valence-electron chi connectivity index (χ3n) is 5.90. The molecule has 182 valence electrons. The highest BCUT2D eigenvalue weighted by Gasteiger charge is 2.23. The van der Waals surface area contributed by atoms with Gasteiger partial charge in [0.15, 0.2) is 0 Å². The third-order valence-corrected chi connectivity index (χ3v) is 7.15. The van der Waals surface area contributed by atoms with Crippen LogP contribution in [0.15, 0.2) is 102 Å². The summed E-state index contributed by atoms with van der Waals surface area (Å²) in [5, 5.41) is 5.57. The molecule has 0 aliphatic heterocycles. The fraction of sp³-hybridized carbons (Fsp3) is 0.133. The van der Waals surface area contributed by atoms with Crippen molar-refractivity contribution in [2.75, 3.05) is 17.7 Å². The average molecular weight is 497 g/mol. The van der Waals surface area contributed by atoms with Gasteiger partial charge in [-0.3, -0.25) is 9.59 Å². The van der Waals surface area contributed by atoms with E-state index in [-0.39, 0.29) is 11.8 Å². The molecule has 0 saturated heterocycles. The Labute approximate surface area is 215 Å². The number of thioether (sulfide) groups is 1. The highest BCUT2D eigenvalue weighted by Crippen LogP contribution is 2.37. The molecule has 0 bridgehead atoms. The summed E-state index contributed by atoms with van der Waals surface area (Å²) in [4.78, 5) is 27.1. The van der Waals surface area contributed by atoms with Crippen molar-refractivity contribution >= 4 is 35.0 Å². The van der Waals surface area contributed by atoms with Crippen molar-refractivity contribution in [2.24, 2.45) is 0 Å². The van der Waals surface area contributed by atoms with E-state index in [9.17, 15) is 9.59 Å². The molecule has 0 aromatic heterocycles. The molecular weight excluding hydrogens is 468 g/mol. The van der Waals surface area contributed by atoms with Crippen LogP contribution in [0, 0.1) is 13.8 Å². The fourth-order valence-corrected chi connectivity index (χ4v) is 4.80. The van der Waals surface area contributed by atoms with Gasteiger partial charge < -0.3 is 15.4 Å². The third kappa shape index (κ3) is 6.15. The Balaban J connectivity index is 1.54. The molecule has 0 saturated carbocycles. The molecule has 1 unspecified atom stereocenters. The Bertz CT molecular complexity index is 1350. The monoisotopic (exact) mass is 496 g/mol. The molecule has 5 nitrogen and oxygen atoms in total. The van der Waals surface area contributed by atoms with Crippen molar-refractivity contribution in [3.05, 3.63) is 119 Å². The summed E-state index contributed by atoms with van der Waals surface area (Å²) < 4.78 is 5.16. The molecular formula is C30H28N2O3S. The molecule has 0 spiro atoms. The minimum Gasteiger partial charge on any atom is -0.497 e. The number of anilines is 2. The van der Waals surface area contributed by atoms with Crippen molar-refractivity contribution in [3.63, 3.8) is 0 Å². The van der Waals surface area contributed by atoms with E-state index in [0.29, 0.717) is 17.0 Å². The van der Waals surface area contributed by atoms with Crippen LogP contribution in [0.5, 0.6) is 5.75 Å². The van der Waals surface area contributed by atoms with E-state index in [1.54, 1.807) is 31.4 Å². The highest BCUT2D eigenvalue weighted by atomic mass is 32.2. The van der Waals surface area contributed by atoms with E-state index in [0.717, 1.165) is 27.3 Å². The van der Waals surface area contributed by atoms with Crippen LogP contribution in [-0.4, -0.2) is 18.9 Å². The van der Waals surface area contributed by atoms with Gasteiger partial charge in [-0.15, -0.1) is 11.8 Å². The molecule has 36 heavy (non-hydrogen) atoms. The van der Waals surface area contributed by atoms with Crippen LogP contribution in [-0.2, 0) is 4.79 Å². The van der Waals surface area contributed by atoms with Gasteiger partial charge in [0, 0.05) is 21.8 Å². The van der Waals surface area contributed by atoms with E-state index >= 15 is 0 Å². The molecule has 2 N–H and O–H groups in total. The molecule has 0 aliphatic rings. The minimum absolute atomic E-state index is 0.104. The molecule has 4 aromatic rings. The topological polar surface area (TPSA) is 67.4 Å².